The van der Waals surface area contributed by atoms with E-state index >= 15 is 0 Å². The molecule has 3 N–H and O–H groups in total. The van der Waals surface area contributed by atoms with Crippen LogP contribution < -0.4 is 5.32 Å². The number of carbonyl (C=O) groups is 1. The Morgan fingerprint density at radius 2 is 2.40 bits per heavy atom. The molecule has 0 aromatic rings. The van der Waals surface area contributed by atoms with Crippen molar-refractivity contribution in [2.75, 3.05) is 6.54 Å². The minimum atomic E-state index is -1.54. The molecular weight excluding hydrogens is 134 g/mol. The highest BCUT2D eigenvalue weighted by Crippen LogP contribution is 2.20. The third kappa shape index (κ3) is 0.892. The van der Waals surface area contributed by atoms with E-state index in [9.17, 15) is 9.90 Å². The number of carboxylic acid groups (broad SMARTS) is 1. The molecular formula is C6H11NO3. The maximum Gasteiger partial charge on any atom is 0.337 e. The molecule has 1 unspecified atom stereocenters. The highest BCUT2D eigenvalue weighted by molar-refractivity contribution is 5.78. The fraction of sp³-hybridized carbons (Fsp3) is 0.833. The van der Waals surface area contributed by atoms with Gasteiger partial charge in [0.2, 0.25) is 0 Å². The molecule has 1 rings (SSSR count). The second kappa shape index (κ2) is 2.21. The lowest BCUT2D eigenvalue weighted by Crippen LogP contribution is -2.47. The molecule has 4 nitrogen and oxygen atoms in total. The molecule has 1 saturated heterocycles. The third-order valence-corrected chi connectivity index (χ3v) is 2.04. The standard InChI is InChI=1S/C6H11NO3/c1-4-6(10,5(8)9)2-3-7-4/h4,7,10H,2-3H2,1H3,(H,8,9)/t4?,6-/m0/s1. The summed E-state index contributed by atoms with van der Waals surface area (Å²) in [4.78, 5) is 10.4. The largest absolute Gasteiger partial charge is 0.479 e. The van der Waals surface area contributed by atoms with E-state index in [2.05, 4.69) is 5.32 Å². The number of rotatable bonds is 1. The second-order valence-electron chi connectivity index (χ2n) is 2.66. The Morgan fingerprint density at radius 3 is 2.60 bits per heavy atom. The lowest BCUT2D eigenvalue weighted by atomic mass is 9.97. The van der Waals surface area contributed by atoms with Crippen LogP contribution in [0.5, 0.6) is 0 Å². The van der Waals surface area contributed by atoms with E-state index < -0.39 is 11.6 Å². The molecule has 0 spiro atoms. The summed E-state index contributed by atoms with van der Waals surface area (Å²) < 4.78 is 0. The van der Waals surface area contributed by atoms with E-state index in [0.717, 1.165) is 0 Å². The molecule has 0 aliphatic carbocycles. The molecule has 0 radical (unpaired) electrons. The zero-order valence-corrected chi connectivity index (χ0v) is 5.79. The van der Waals surface area contributed by atoms with Crippen LogP contribution in [0.15, 0.2) is 0 Å². The molecule has 0 aromatic carbocycles. The summed E-state index contributed by atoms with van der Waals surface area (Å²) >= 11 is 0. The maximum atomic E-state index is 10.4. The van der Waals surface area contributed by atoms with Crippen LogP contribution in [-0.4, -0.2) is 34.4 Å². The molecule has 0 bridgehead atoms. The first-order valence-electron chi connectivity index (χ1n) is 3.26. The fourth-order valence-electron chi connectivity index (χ4n) is 1.16. The number of aliphatic hydroxyl groups is 1. The molecule has 1 heterocycles. The van der Waals surface area contributed by atoms with Crippen LogP contribution >= 0.6 is 0 Å². The average Bonchev–Trinajstić information content (AvgIpc) is 2.15. The molecule has 10 heavy (non-hydrogen) atoms. The Hall–Kier alpha value is -0.610. The monoisotopic (exact) mass is 145 g/mol. The minimum absolute atomic E-state index is 0.295. The Morgan fingerprint density at radius 1 is 1.80 bits per heavy atom. The second-order valence-corrected chi connectivity index (χ2v) is 2.66. The van der Waals surface area contributed by atoms with Crippen molar-refractivity contribution in [2.24, 2.45) is 0 Å². The number of hydrogen-bond acceptors (Lipinski definition) is 3. The van der Waals surface area contributed by atoms with Crippen LogP contribution in [0.25, 0.3) is 0 Å². The van der Waals surface area contributed by atoms with E-state index in [4.69, 9.17) is 5.11 Å². The minimum Gasteiger partial charge on any atom is -0.479 e. The molecule has 2 atom stereocenters. The van der Waals surface area contributed by atoms with Gasteiger partial charge in [-0.05, 0) is 13.5 Å². The lowest BCUT2D eigenvalue weighted by Gasteiger charge is -2.20. The zero-order chi connectivity index (χ0) is 7.78. The van der Waals surface area contributed by atoms with E-state index in [1.165, 1.54) is 0 Å². The summed E-state index contributed by atoms with van der Waals surface area (Å²) in [6.07, 6.45) is 0.295. The maximum absolute atomic E-state index is 10.4. The van der Waals surface area contributed by atoms with Gasteiger partial charge in [-0.2, -0.15) is 0 Å². The Labute approximate surface area is 58.9 Å². The molecule has 1 fully saturated rings. The van der Waals surface area contributed by atoms with E-state index in [1.54, 1.807) is 6.92 Å². The van der Waals surface area contributed by atoms with E-state index in [0.29, 0.717) is 13.0 Å². The van der Waals surface area contributed by atoms with Crippen molar-refractivity contribution in [2.45, 2.75) is 25.0 Å². The smallest absolute Gasteiger partial charge is 0.337 e. The molecule has 0 saturated carbocycles. The van der Waals surface area contributed by atoms with Gasteiger partial charge in [-0.1, -0.05) is 0 Å². The molecule has 1 aliphatic heterocycles. The van der Waals surface area contributed by atoms with Crippen molar-refractivity contribution in [1.29, 1.82) is 0 Å². The van der Waals surface area contributed by atoms with Crippen LogP contribution in [-0.2, 0) is 4.79 Å². The van der Waals surface area contributed by atoms with Gasteiger partial charge < -0.3 is 15.5 Å². The number of nitrogens with one attached hydrogen (secondary N) is 1. The van der Waals surface area contributed by atoms with Crippen molar-refractivity contribution >= 4 is 5.97 Å². The molecule has 58 valence electrons. The van der Waals surface area contributed by atoms with Crippen LogP contribution in [0, 0.1) is 0 Å². The van der Waals surface area contributed by atoms with Crippen LogP contribution in [0.1, 0.15) is 13.3 Å². The predicted molar refractivity (Wildman–Crippen MR) is 34.7 cm³/mol. The molecule has 0 amide bonds. The fourth-order valence-corrected chi connectivity index (χ4v) is 1.16. The summed E-state index contributed by atoms with van der Waals surface area (Å²) in [5, 5.41) is 20.8. The van der Waals surface area contributed by atoms with Gasteiger partial charge >= 0.3 is 5.97 Å². The topological polar surface area (TPSA) is 69.6 Å². The van der Waals surface area contributed by atoms with Crippen molar-refractivity contribution in [1.82, 2.24) is 5.32 Å². The lowest BCUT2D eigenvalue weighted by molar-refractivity contribution is -0.158. The number of carboxylic acids is 1. The van der Waals surface area contributed by atoms with Crippen LogP contribution in [0.3, 0.4) is 0 Å². The molecule has 4 heteroatoms. The quantitative estimate of drug-likeness (QED) is 0.451. The summed E-state index contributed by atoms with van der Waals surface area (Å²) in [6.45, 7) is 2.24. The SMILES string of the molecule is CC1NCC[C@@]1(O)C(=O)O. The average molecular weight is 145 g/mol. The van der Waals surface area contributed by atoms with Crippen molar-refractivity contribution in [3.63, 3.8) is 0 Å². The van der Waals surface area contributed by atoms with Gasteiger partial charge in [-0.3, -0.25) is 0 Å². The van der Waals surface area contributed by atoms with Gasteiger partial charge in [0.1, 0.15) is 0 Å². The van der Waals surface area contributed by atoms with Crippen LogP contribution in [0.4, 0.5) is 0 Å². The Balaban J connectivity index is 2.75. The normalized spacial score (nSPS) is 40.0. The van der Waals surface area contributed by atoms with E-state index in [-0.39, 0.29) is 6.04 Å². The first kappa shape index (κ1) is 7.50. The van der Waals surface area contributed by atoms with E-state index in [1.807, 2.05) is 0 Å². The zero-order valence-electron chi connectivity index (χ0n) is 5.79. The first-order chi connectivity index (χ1) is 4.57. The predicted octanol–water partition coefficient (Wildman–Crippen LogP) is -0.816. The number of hydrogen-bond donors (Lipinski definition) is 3. The van der Waals surface area contributed by atoms with Crippen LogP contribution in [0.2, 0.25) is 0 Å². The highest BCUT2D eigenvalue weighted by Gasteiger charge is 2.45. The van der Waals surface area contributed by atoms with Crippen molar-refractivity contribution in [3.8, 4) is 0 Å². The summed E-state index contributed by atoms with van der Waals surface area (Å²) in [5.41, 5.74) is -1.54. The van der Waals surface area contributed by atoms with Crippen molar-refractivity contribution in [3.05, 3.63) is 0 Å². The van der Waals surface area contributed by atoms with Crippen molar-refractivity contribution < 1.29 is 15.0 Å². The van der Waals surface area contributed by atoms with Gasteiger partial charge in [-0.15, -0.1) is 0 Å². The first-order valence-corrected chi connectivity index (χ1v) is 3.26. The number of aliphatic carboxylic acids is 1. The molecule has 0 aromatic heterocycles. The summed E-state index contributed by atoms with van der Waals surface area (Å²) in [6, 6.07) is -0.343. The highest BCUT2D eigenvalue weighted by atomic mass is 16.4. The Bertz CT molecular complexity index is 159. The third-order valence-electron chi connectivity index (χ3n) is 2.04. The van der Waals surface area contributed by atoms with Gasteiger partial charge in [0.15, 0.2) is 5.60 Å². The van der Waals surface area contributed by atoms with Gasteiger partial charge in [0.25, 0.3) is 0 Å². The molecule has 1 aliphatic rings. The van der Waals surface area contributed by atoms with Gasteiger partial charge in [-0.25, -0.2) is 4.79 Å². The van der Waals surface area contributed by atoms with Gasteiger partial charge in [0, 0.05) is 12.5 Å². The van der Waals surface area contributed by atoms with Gasteiger partial charge in [0.05, 0.1) is 0 Å². The summed E-state index contributed by atoms with van der Waals surface area (Å²) in [7, 11) is 0. The summed E-state index contributed by atoms with van der Waals surface area (Å²) in [5.74, 6) is -1.13. The Kier molecular flexibility index (Phi) is 1.66.